The van der Waals surface area contributed by atoms with Gasteiger partial charge in [0, 0.05) is 17.4 Å². The summed E-state index contributed by atoms with van der Waals surface area (Å²) in [5.74, 6) is -0.551. The fourth-order valence-corrected chi connectivity index (χ4v) is 1.79. The average molecular weight is 309 g/mol. The molecule has 0 spiro atoms. The molecule has 0 aliphatic carbocycles. The maximum atomic E-state index is 13.0. The number of ether oxygens (including phenoxy) is 1. The number of nitrogens with two attached hydrogens (primary N) is 1. The first-order chi connectivity index (χ1) is 9.95. The quantitative estimate of drug-likeness (QED) is 0.850. The van der Waals surface area contributed by atoms with Crippen LogP contribution in [0.15, 0.2) is 42.5 Å². The summed E-state index contributed by atoms with van der Waals surface area (Å²) in [4.78, 5) is 12.0. The zero-order chi connectivity index (χ0) is 15.4. The van der Waals surface area contributed by atoms with E-state index in [2.05, 4.69) is 5.32 Å². The molecule has 0 aromatic heterocycles. The summed E-state index contributed by atoms with van der Waals surface area (Å²) < 4.78 is 18.5. The van der Waals surface area contributed by atoms with Crippen LogP contribution >= 0.6 is 11.6 Å². The lowest BCUT2D eigenvalue weighted by Crippen LogP contribution is -2.30. The van der Waals surface area contributed by atoms with Gasteiger partial charge < -0.3 is 15.8 Å². The predicted octanol–water partition coefficient (Wildman–Crippen LogP) is 3.47. The van der Waals surface area contributed by atoms with E-state index in [1.807, 2.05) is 0 Å². The SMILES string of the molecule is CC(Oc1ccc(F)c(Cl)c1)C(=O)Nc1ccc(N)cc1. The summed E-state index contributed by atoms with van der Waals surface area (Å²) in [7, 11) is 0. The first-order valence-corrected chi connectivity index (χ1v) is 6.61. The Morgan fingerprint density at radius 2 is 1.95 bits per heavy atom. The van der Waals surface area contributed by atoms with Crippen LogP contribution in [0.4, 0.5) is 15.8 Å². The molecule has 0 aliphatic rings. The van der Waals surface area contributed by atoms with Gasteiger partial charge in [-0.15, -0.1) is 0 Å². The van der Waals surface area contributed by atoms with Gasteiger partial charge in [-0.1, -0.05) is 11.6 Å². The lowest BCUT2D eigenvalue weighted by atomic mass is 10.2. The molecule has 1 unspecified atom stereocenters. The van der Waals surface area contributed by atoms with Crippen molar-refractivity contribution >= 4 is 28.9 Å². The minimum absolute atomic E-state index is 0.0568. The summed E-state index contributed by atoms with van der Waals surface area (Å²) in [6.07, 6.45) is -0.760. The Hall–Kier alpha value is -2.27. The van der Waals surface area contributed by atoms with E-state index >= 15 is 0 Å². The van der Waals surface area contributed by atoms with Gasteiger partial charge in [-0.25, -0.2) is 4.39 Å². The Morgan fingerprint density at radius 3 is 2.57 bits per heavy atom. The van der Waals surface area contributed by atoms with E-state index in [0.717, 1.165) is 0 Å². The van der Waals surface area contributed by atoms with E-state index in [4.69, 9.17) is 22.1 Å². The van der Waals surface area contributed by atoms with Gasteiger partial charge in [0.15, 0.2) is 6.10 Å². The van der Waals surface area contributed by atoms with E-state index in [9.17, 15) is 9.18 Å². The van der Waals surface area contributed by atoms with E-state index in [1.165, 1.54) is 18.2 Å². The van der Waals surface area contributed by atoms with Crippen LogP contribution in [0.5, 0.6) is 5.75 Å². The Kier molecular flexibility index (Phi) is 4.65. The van der Waals surface area contributed by atoms with E-state index in [1.54, 1.807) is 31.2 Å². The van der Waals surface area contributed by atoms with Crippen LogP contribution in [0.1, 0.15) is 6.92 Å². The number of hydrogen-bond acceptors (Lipinski definition) is 3. The van der Waals surface area contributed by atoms with Crippen LogP contribution in [0, 0.1) is 5.82 Å². The molecule has 0 bridgehead atoms. The predicted molar refractivity (Wildman–Crippen MR) is 81.0 cm³/mol. The Bertz CT molecular complexity index is 647. The number of nitrogen functional groups attached to an aromatic ring is 1. The third kappa shape index (κ3) is 4.10. The molecule has 110 valence electrons. The van der Waals surface area contributed by atoms with Crippen molar-refractivity contribution in [2.24, 2.45) is 0 Å². The Balaban J connectivity index is 1.98. The van der Waals surface area contributed by atoms with Gasteiger partial charge in [0.1, 0.15) is 11.6 Å². The van der Waals surface area contributed by atoms with Crippen LogP contribution in [0.25, 0.3) is 0 Å². The molecule has 0 aliphatic heterocycles. The molecule has 0 saturated carbocycles. The van der Waals surface area contributed by atoms with Gasteiger partial charge in [0.05, 0.1) is 5.02 Å². The highest BCUT2D eigenvalue weighted by Crippen LogP contribution is 2.22. The molecular formula is C15H14ClFN2O2. The fourth-order valence-electron chi connectivity index (χ4n) is 1.62. The number of carbonyl (C=O) groups excluding carboxylic acids is 1. The second-order valence-corrected chi connectivity index (χ2v) is 4.85. The monoisotopic (exact) mass is 308 g/mol. The largest absolute Gasteiger partial charge is 0.481 e. The zero-order valence-corrected chi connectivity index (χ0v) is 12.0. The van der Waals surface area contributed by atoms with Crippen LogP contribution in [0.3, 0.4) is 0 Å². The number of nitrogens with one attached hydrogen (secondary N) is 1. The van der Waals surface area contributed by atoms with Gasteiger partial charge in [-0.3, -0.25) is 4.79 Å². The van der Waals surface area contributed by atoms with Gasteiger partial charge in [0.2, 0.25) is 0 Å². The summed E-state index contributed by atoms with van der Waals surface area (Å²) >= 11 is 5.65. The number of hydrogen-bond donors (Lipinski definition) is 2. The number of benzene rings is 2. The average Bonchev–Trinajstić information content (AvgIpc) is 2.45. The fraction of sp³-hybridized carbons (Fsp3) is 0.133. The Labute approximate surface area is 126 Å². The topological polar surface area (TPSA) is 64.3 Å². The van der Waals surface area contributed by atoms with Crippen molar-refractivity contribution in [3.63, 3.8) is 0 Å². The minimum atomic E-state index is -0.760. The second kappa shape index (κ2) is 6.45. The van der Waals surface area contributed by atoms with Crippen LogP contribution < -0.4 is 15.8 Å². The highest BCUT2D eigenvalue weighted by Gasteiger charge is 2.15. The van der Waals surface area contributed by atoms with Crippen molar-refractivity contribution in [1.29, 1.82) is 0 Å². The Morgan fingerprint density at radius 1 is 1.29 bits per heavy atom. The van der Waals surface area contributed by atoms with Crippen LogP contribution in [-0.4, -0.2) is 12.0 Å². The molecular weight excluding hydrogens is 295 g/mol. The first kappa shape index (κ1) is 15.1. The molecule has 2 aromatic carbocycles. The molecule has 0 radical (unpaired) electrons. The summed E-state index contributed by atoms with van der Waals surface area (Å²) in [5.41, 5.74) is 6.79. The molecule has 2 rings (SSSR count). The van der Waals surface area contributed by atoms with Gasteiger partial charge in [-0.05, 0) is 43.3 Å². The van der Waals surface area contributed by atoms with Crippen molar-refractivity contribution in [3.05, 3.63) is 53.3 Å². The molecule has 0 saturated heterocycles. The number of anilines is 2. The standard InChI is InChI=1S/C15H14ClFN2O2/c1-9(21-12-6-7-14(17)13(16)8-12)15(20)19-11-4-2-10(18)3-5-11/h2-9H,18H2,1H3,(H,19,20). The maximum absolute atomic E-state index is 13.0. The molecule has 1 amide bonds. The lowest BCUT2D eigenvalue weighted by Gasteiger charge is -2.15. The highest BCUT2D eigenvalue weighted by molar-refractivity contribution is 6.30. The number of amides is 1. The van der Waals surface area contributed by atoms with Crippen molar-refractivity contribution in [2.45, 2.75) is 13.0 Å². The van der Waals surface area contributed by atoms with Crippen molar-refractivity contribution in [2.75, 3.05) is 11.1 Å². The van der Waals surface area contributed by atoms with E-state index < -0.39 is 11.9 Å². The molecule has 21 heavy (non-hydrogen) atoms. The number of rotatable bonds is 4. The van der Waals surface area contributed by atoms with Gasteiger partial charge >= 0.3 is 0 Å². The second-order valence-electron chi connectivity index (χ2n) is 4.45. The number of carbonyl (C=O) groups is 1. The smallest absolute Gasteiger partial charge is 0.265 e. The van der Waals surface area contributed by atoms with E-state index in [0.29, 0.717) is 17.1 Å². The maximum Gasteiger partial charge on any atom is 0.265 e. The normalized spacial score (nSPS) is 11.8. The molecule has 2 aromatic rings. The third-order valence-corrected chi connectivity index (χ3v) is 3.04. The molecule has 3 N–H and O–H groups in total. The molecule has 4 nitrogen and oxygen atoms in total. The third-order valence-electron chi connectivity index (χ3n) is 2.75. The molecule has 0 fully saturated rings. The molecule has 6 heteroatoms. The summed E-state index contributed by atoms with van der Waals surface area (Å²) in [6.45, 7) is 1.59. The van der Waals surface area contributed by atoms with Crippen LogP contribution in [-0.2, 0) is 4.79 Å². The zero-order valence-electron chi connectivity index (χ0n) is 11.3. The van der Waals surface area contributed by atoms with E-state index in [-0.39, 0.29) is 10.9 Å². The lowest BCUT2D eigenvalue weighted by molar-refractivity contribution is -0.122. The van der Waals surface area contributed by atoms with Crippen molar-refractivity contribution in [1.82, 2.24) is 0 Å². The van der Waals surface area contributed by atoms with Crippen LogP contribution in [0.2, 0.25) is 5.02 Å². The molecule has 0 heterocycles. The summed E-state index contributed by atoms with van der Waals surface area (Å²) in [6, 6.07) is 10.7. The van der Waals surface area contributed by atoms with Crippen molar-refractivity contribution in [3.8, 4) is 5.75 Å². The van der Waals surface area contributed by atoms with Gasteiger partial charge in [-0.2, -0.15) is 0 Å². The number of halogens is 2. The van der Waals surface area contributed by atoms with Gasteiger partial charge in [0.25, 0.3) is 5.91 Å². The first-order valence-electron chi connectivity index (χ1n) is 6.24. The minimum Gasteiger partial charge on any atom is -0.481 e. The summed E-state index contributed by atoms with van der Waals surface area (Å²) in [5, 5.41) is 2.63. The molecule has 1 atom stereocenters. The highest BCUT2D eigenvalue weighted by atomic mass is 35.5. The van der Waals surface area contributed by atoms with Crippen molar-refractivity contribution < 1.29 is 13.9 Å².